The summed E-state index contributed by atoms with van der Waals surface area (Å²) in [6.45, 7) is 11.8. The first-order valence-electron chi connectivity index (χ1n) is 9.74. The fraction of sp³-hybridized carbons (Fsp3) is 0.944. The van der Waals surface area contributed by atoms with E-state index in [4.69, 9.17) is 14.5 Å². The molecular formula is C18H34N4O2S. The molecule has 0 radical (unpaired) electrons. The molecule has 1 unspecified atom stereocenters. The number of nitrogens with zero attached hydrogens (tertiary/aromatic N) is 3. The van der Waals surface area contributed by atoms with Crippen LogP contribution in [0.15, 0.2) is 4.99 Å². The molecular weight excluding hydrogens is 336 g/mol. The second kappa shape index (κ2) is 9.44. The molecule has 3 rings (SSSR count). The van der Waals surface area contributed by atoms with Crippen LogP contribution in [0.5, 0.6) is 0 Å². The van der Waals surface area contributed by atoms with Crippen molar-refractivity contribution in [2.24, 2.45) is 4.99 Å². The van der Waals surface area contributed by atoms with Crippen molar-refractivity contribution in [3.63, 3.8) is 0 Å². The molecule has 25 heavy (non-hydrogen) atoms. The fourth-order valence-electron chi connectivity index (χ4n) is 3.99. The molecule has 0 spiro atoms. The van der Waals surface area contributed by atoms with E-state index in [1.54, 1.807) is 0 Å². The van der Waals surface area contributed by atoms with E-state index < -0.39 is 0 Å². The van der Waals surface area contributed by atoms with E-state index >= 15 is 0 Å². The summed E-state index contributed by atoms with van der Waals surface area (Å²) in [6, 6.07) is 0.644. The van der Waals surface area contributed by atoms with Gasteiger partial charge in [-0.3, -0.25) is 9.89 Å². The third-order valence-corrected chi connectivity index (χ3v) is 7.12. The number of rotatable bonds is 5. The molecule has 7 heteroatoms. The predicted molar refractivity (Wildman–Crippen MR) is 105 cm³/mol. The molecule has 0 aromatic rings. The molecule has 0 aromatic carbocycles. The molecule has 3 aliphatic heterocycles. The number of thioether (sulfide) groups is 1. The summed E-state index contributed by atoms with van der Waals surface area (Å²) in [4.78, 5) is 10.1. The Labute approximate surface area is 156 Å². The van der Waals surface area contributed by atoms with Gasteiger partial charge in [0.2, 0.25) is 0 Å². The van der Waals surface area contributed by atoms with Crippen molar-refractivity contribution in [3.8, 4) is 0 Å². The zero-order chi connectivity index (χ0) is 17.5. The molecule has 0 bridgehead atoms. The summed E-state index contributed by atoms with van der Waals surface area (Å²) in [5, 5.41) is 3.52. The Hall–Kier alpha value is -0.500. The number of nitrogens with one attached hydrogen (secondary N) is 1. The molecule has 3 fully saturated rings. The molecule has 3 saturated heterocycles. The van der Waals surface area contributed by atoms with Crippen molar-refractivity contribution in [2.75, 3.05) is 72.0 Å². The van der Waals surface area contributed by atoms with E-state index in [1.165, 1.54) is 6.42 Å². The first-order chi connectivity index (χ1) is 12.3. The normalized spacial score (nSPS) is 28.3. The van der Waals surface area contributed by atoms with E-state index in [0.29, 0.717) is 6.04 Å². The van der Waals surface area contributed by atoms with Gasteiger partial charge in [-0.2, -0.15) is 11.8 Å². The number of hydrogen-bond donors (Lipinski definition) is 1. The minimum atomic E-state index is 0.252. The average molecular weight is 371 g/mol. The third kappa shape index (κ3) is 5.02. The number of aliphatic imine (C=N–C) groups is 1. The molecule has 0 amide bonds. The molecule has 6 nitrogen and oxygen atoms in total. The van der Waals surface area contributed by atoms with Crippen LogP contribution in [0.3, 0.4) is 0 Å². The van der Waals surface area contributed by atoms with Crippen molar-refractivity contribution < 1.29 is 9.47 Å². The van der Waals surface area contributed by atoms with E-state index in [9.17, 15) is 0 Å². The van der Waals surface area contributed by atoms with Crippen LogP contribution in [0.25, 0.3) is 0 Å². The molecule has 0 aliphatic carbocycles. The smallest absolute Gasteiger partial charge is 0.194 e. The monoisotopic (exact) mass is 370 g/mol. The number of hydrogen-bond acceptors (Lipinski definition) is 5. The second-order valence-corrected chi connectivity index (χ2v) is 8.48. The number of morpholine rings is 1. The van der Waals surface area contributed by atoms with Crippen LogP contribution >= 0.6 is 11.8 Å². The van der Waals surface area contributed by atoms with Crippen molar-refractivity contribution in [2.45, 2.75) is 37.0 Å². The lowest BCUT2D eigenvalue weighted by molar-refractivity contribution is 0.0195. The third-order valence-electron chi connectivity index (χ3n) is 5.71. The molecule has 3 heterocycles. The minimum Gasteiger partial charge on any atom is -0.381 e. The largest absolute Gasteiger partial charge is 0.381 e. The van der Waals surface area contributed by atoms with Crippen molar-refractivity contribution in [1.29, 1.82) is 0 Å². The fourth-order valence-corrected chi connectivity index (χ4v) is 4.76. The van der Waals surface area contributed by atoms with E-state index in [1.807, 2.05) is 11.8 Å². The van der Waals surface area contributed by atoms with Gasteiger partial charge in [0.1, 0.15) is 0 Å². The Kier molecular flexibility index (Phi) is 7.28. The summed E-state index contributed by atoms with van der Waals surface area (Å²) in [7, 11) is 0. The number of ether oxygens (including phenoxy) is 2. The quantitative estimate of drug-likeness (QED) is 0.581. The highest BCUT2D eigenvalue weighted by Gasteiger charge is 2.33. The van der Waals surface area contributed by atoms with Crippen LogP contribution < -0.4 is 5.32 Å². The van der Waals surface area contributed by atoms with Crippen LogP contribution in [0.2, 0.25) is 0 Å². The molecule has 0 aromatic heterocycles. The maximum atomic E-state index is 5.56. The summed E-state index contributed by atoms with van der Waals surface area (Å²) >= 11 is 1.96. The van der Waals surface area contributed by atoms with Gasteiger partial charge in [-0.15, -0.1) is 0 Å². The summed E-state index contributed by atoms with van der Waals surface area (Å²) < 4.78 is 11.3. The topological polar surface area (TPSA) is 49.3 Å². The second-order valence-electron chi connectivity index (χ2n) is 7.21. The zero-order valence-corrected chi connectivity index (χ0v) is 16.7. The zero-order valence-electron chi connectivity index (χ0n) is 15.8. The Balaban J connectivity index is 1.60. The average Bonchev–Trinajstić information content (AvgIpc) is 3.16. The lowest BCUT2D eigenvalue weighted by Crippen LogP contribution is -2.47. The van der Waals surface area contributed by atoms with Crippen molar-refractivity contribution in [1.82, 2.24) is 15.1 Å². The summed E-state index contributed by atoms with van der Waals surface area (Å²) in [5.41, 5.74) is 0. The van der Waals surface area contributed by atoms with Gasteiger partial charge >= 0.3 is 0 Å². The Bertz CT molecular complexity index is 437. The molecule has 144 valence electrons. The van der Waals surface area contributed by atoms with Crippen molar-refractivity contribution in [3.05, 3.63) is 0 Å². The Morgan fingerprint density at radius 1 is 1.16 bits per heavy atom. The molecule has 3 aliphatic rings. The highest BCUT2D eigenvalue weighted by Crippen LogP contribution is 2.34. The lowest BCUT2D eigenvalue weighted by Gasteiger charge is -2.35. The van der Waals surface area contributed by atoms with E-state index in [-0.39, 0.29) is 4.75 Å². The van der Waals surface area contributed by atoms with Gasteiger partial charge < -0.3 is 19.7 Å². The van der Waals surface area contributed by atoms with Gasteiger partial charge in [0.15, 0.2) is 5.96 Å². The van der Waals surface area contributed by atoms with Crippen LogP contribution in [0.1, 0.15) is 26.2 Å². The SMILES string of the molecule is CCNC(=NCC1(SC)CCOCC1)N1CCC(N2CCOCC2)C1. The van der Waals surface area contributed by atoms with Gasteiger partial charge in [0.05, 0.1) is 19.8 Å². The van der Waals surface area contributed by atoms with Crippen LogP contribution in [-0.4, -0.2) is 98.5 Å². The van der Waals surface area contributed by atoms with Gasteiger partial charge in [-0.1, -0.05) is 0 Å². The maximum absolute atomic E-state index is 5.56. The molecule has 0 saturated carbocycles. The molecule has 1 atom stereocenters. The number of guanidine groups is 1. The van der Waals surface area contributed by atoms with Crippen molar-refractivity contribution >= 4 is 17.7 Å². The van der Waals surface area contributed by atoms with Crippen LogP contribution in [-0.2, 0) is 9.47 Å². The summed E-state index contributed by atoms with van der Waals surface area (Å²) in [5.74, 6) is 1.10. The first-order valence-corrected chi connectivity index (χ1v) is 11.0. The van der Waals surface area contributed by atoms with Gasteiger partial charge in [0, 0.05) is 56.7 Å². The lowest BCUT2D eigenvalue weighted by atomic mass is 9.99. The molecule has 1 N–H and O–H groups in total. The van der Waals surface area contributed by atoms with E-state index in [0.717, 1.165) is 84.5 Å². The van der Waals surface area contributed by atoms with E-state index in [2.05, 4.69) is 28.3 Å². The Morgan fingerprint density at radius 2 is 1.88 bits per heavy atom. The minimum absolute atomic E-state index is 0.252. The highest BCUT2D eigenvalue weighted by atomic mass is 32.2. The van der Waals surface area contributed by atoms with Gasteiger partial charge in [0.25, 0.3) is 0 Å². The first kappa shape index (κ1) is 19.3. The predicted octanol–water partition coefficient (Wildman–Crippen LogP) is 1.27. The Morgan fingerprint density at radius 3 is 2.56 bits per heavy atom. The van der Waals surface area contributed by atoms with Gasteiger partial charge in [-0.25, -0.2) is 0 Å². The van der Waals surface area contributed by atoms with Gasteiger partial charge in [-0.05, 0) is 32.4 Å². The van der Waals surface area contributed by atoms with Crippen LogP contribution in [0, 0.1) is 0 Å². The maximum Gasteiger partial charge on any atom is 0.194 e. The standard InChI is InChI=1S/C18H34N4O2S/c1-3-19-17(20-15-18(25-2)5-10-23-11-6-18)22-7-4-16(14-22)21-8-12-24-13-9-21/h16H,3-15H2,1-2H3,(H,19,20). The highest BCUT2D eigenvalue weighted by molar-refractivity contribution is 8.00. The summed E-state index contributed by atoms with van der Waals surface area (Å²) in [6.07, 6.45) is 5.66. The number of likely N-dealkylation sites (tertiary alicyclic amines) is 1. The van der Waals surface area contributed by atoms with Crippen LogP contribution in [0.4, 0.5) is 0 Å².